The van der Waals surface area contributed by atoms with Crippen molar-refractivity contribution >= 4 is 34.0 Å². The van der Waals surface area contributed by atoms with Crippen LogP contribution in [0.3, 0.4) is 0 Å². The van der Waals surface area contributed by atoms with Crippen molar-refractivity contribution in [1.82, 2.24) is 10.2 Å². The maximum absolute atomic E-state index is 12.5. The molecule has 0 aliphatic carbocycles. The second kappa shape index (κ2) is 7.12. The first-order valence-corrected chi connectivity index (χ1v) is 10.7. The summed E-state index contributed by atoms with van der Waals surface area (Å²) in [6.45, 7) is 4.97. The smallest absolute Gasteiger partial charge is 0.397 e. The van der Waals surface area contributed by atoms with Gasteiger partial charge in [0, 0.05) is 16.1 Å². The van der Waals surface area contributed by atoms with Crippen LogP contribution in [0.25, 0.3) is 0 Å². The molecule has 26 heavy (non-hydrogen) atoms. The first kappa shape index (κ1) is 19.6. The Kier molecular flexibility index (Phi) is 5.37. The molecule has 3 aliphatic rings. The molecule has 3 N–H and O–H groups in total. The van der Waals surface area contributed by atoms with Gasteiger partial charge in [-0.25, -0.2) is 8.98 Å². The molecule has 0 spiro atoms. The summed E-state index contributed by atoms with van der Waals surface area (Å²) in [6.07, 6.45) is 0.760. The molecule has 2 fully saturated rings. The number of piperidine rings is 1. The molecule has 1 amide bonds. The van der Waals surface area contributed by atoms with E-state index < -0.39 is 40.3 Å². The molecular formula is C15H22N2O7S2. The number of thioether (sulfide) groups is 1. The molecule has 0 aromatic heterocycles. The van der Waals surface area contributed by atoms with Crippen molar-refractivity contribution in [2.24, 2.45) is 11.8 Å². The van der Waals surface area contributed by atoms with Crippen LogP contribution in [0.15, 0.2) is 10.6 Å². The van der Waals surface area contributed by atoms with E-state index in [9.17, 15) is 23.1 Å². The lowest BCUT2D eigenvalue weighted by molar-refractivity contribution is -0.162. The van der Waals surface area contributed by atoms with Crippen LogP contribution in [0, 0.1) is 11.8 Å². The lowest BCUT2D eigenvalue weighted by Crippen LogP contribution is -2.64. The molecule has 0 unspecified atom stereocenters. The van der Waals surface area contributed by atoms with Crippen LogP contribution in [-0.2, 0) is 24.2 Å². The Morgan fingerprint density at radius 1 is 1.38 bits per heavy atom. The predicted molar refractivity (Wildman–Crippen MR) is 93.5 cm³/mol. The Hall–Kier alpha value is -1.14. The van der Waals surface area contributed by atoms with Gasteiger partial charge in [-0.1, -0.05) is 6.92 Å². The van der Waals surface area contributed by atoms with Gasteiger partial charge < -0.3 is 15.3 Å². The maximum atomic E-state index is 12.5. The number of aliphatic carboxylic acids is 1. The third kappa shape index (κ3) is 3.50. The average molecular weight is 406 g/mol. The van der Waals surface area contributed by atoms with E-state index in [0.29, 0.717) is 4.91 Å². The number of rotatable bonds is 6. The monoisotopic (exact) mass is 406 g/mol. The SMILES string of the molecule is C[C@@H](OS(=O)(=O)O)[C@H]1C(=O)N2C(C(=O)O)=C(SC3CCNCC3)[C@H](C)[C@H]12. The van der Waals surface area contributed by atoms with E-state index in [1.807, 2.05) is 6.92 Å². The maximum Gasteiger partial charge on any atom is 0.397 e. The minimum atomic E-state index is -4.69. The number of β-lactam (4-membered cyclic amide) rings is 1. The van der Waals surface area contributed by atoms with Crippen molar-refractivity contribution in [2.75, 3.05) is 13.1 Å². The molecule has 11 heteroatoms. The number of nitrogens with one attached hydrogen (secondary N) is 1. The van der Waals surface area contributed by atoms with Gasteiger partial charge in [-0.2, -0.15) is 8.42 Å². The summed E-state index contributed by atoms with van der Waals surface area (Å²) in [5.41, 5.74) is -0.00802. The van der Waals surface area contributed by atoms with Crippen molar-refractivity contribution in [1.29, 1.82) is 0 Å². The quantitative estimate of drug-likeness (QED) is 0.425. The van der Waals surface area contributed by atoms with E-state index >= 15 is 0 Å². The number of hydrogen-bond acceptors (Lipinski definition) is 7. The first-order chi connectivity index (χ1) is 12.1. The van der Waals surface area contributed by atoms with Crippen LogP contribution >= 0.6 is 11.8 Å². The zero-order chi connectivity index (χ0) is 19.2. The molecule has 9 nitrogen and oxygen atoms in total. The zero-order valence-corrected chi connectivity index (χ0v) is 16.0. The van der Waals surface area contributed by atoms with Crippen LogP contribution in [-0.4, -0.2) is 65.3 Å². The second-order valence-electron chi connectivity index (χ2n) is 6.83. The summed E-state index contributed by atoms with van der Waals surface area (Å²) in [7, 11) is -4.69. The molecule has 3 aliphatic heterocycles. The Morgan fingerprint density at radius 2 is 2.00 bits per heavy atom. The Morgan fingerprint density at radius 3 is 2.54 bits per heavy atom. The molecule has 0 saturated carbocycles. The Labute approximate surface area is 156 Å². The summed E-state index contributed by atoms with van der Waals surface area (Å²) in [5.74, 6) is -2.70. The number of nitrogens with zero attached hydrogens (tertiary/aromatic N) is 1. The molecule has 0 bridgehead atoms. The normalized spacial score (nSPS) is 31.0. The number of carboxylic acids is 1. The lowest BCUT2D eigenvalue weighted by atomic mass is 9.79. The van der Waals surface area contributed by atoms with Gasteiger partial charge in [0.05, 0.1) is 18.1 Å². The first-order valence-electron chi connectivity index (χ1n) is 8.45. The lowest BCUT2D eigenvalue weighted by Gasteiger charge is -2.46. The van der Waals surface area contributed by atoms with Crippen LogP contribution in [0.5, 0.6) is 0 Å². The summed E-state index contributed by atoms with van der Waals surface area (Å²) in [5, 5.41) is 13.2. The van der Waals surface area contributed by atoms with Crippen molar-refractivity contribution < 1.29 is 31.8 Å². The number of hydrogen-bond donors (Lipinski definition) is 3. The Bertz CT molecular complexity index is 745. The van der Waals surface area contributed by atoms with Crippen LogP contribution in [0.1, 0.15) is 26.7 Å². The number of carboxylic acid groups (broad SMARTS) is 1. The predicted octanol–water partition coefficient (Wildman–Crippen LogP) is 0.452. The molecule has 0 aromatic carbocycles. The third-order valence-electron chi connectivity index (χ3n) is 5.15. The van der Waals surface area contributed by atoms with E-state index in [1.54, 1.807) is 0 Å². The highest BCUT2D eigenvalue weighted by atomic mass is 32.3. The van der Waals surface area contributed by atoms with Gasteiger partial charge in [0.1, 0.15) is 5.70 Å². The topological polar surface area (TPSA) is 133 Å². The highest BCUT2D eigenvalue weighted by Gasteiger charge is 2.61. The summed E-state index contributed by atoms with van der Waals surface area (Å²) >= 11 is 1.51. The van der Waals surface area contributed by atoms with E-state index in [2.05, 4.69) is 9.50 Å². The van der Waals surface area contributed by atoms with Gasteiger partial charge in [-0.15, -0.1) is 11.8 Å². The molecule has 4 atom stereocenters. The molecule has 0 radical (unpaired) electrons. The van der Waals surface area contributed by atoms with Crippen molar-refractivity contribution in [2.45, 2.75) is 44.1 Å². The van der Waals surface area contributed by atoms with Crippen molar-refractivity contribution in [3.63, 3.8) is 0 Å². The molecular weight excluding hydrogens is 384 g/mol. The van der Waals surface area contributed by atoms with Gasteiger partial charge in [0.25, 0.3) is 0 Å². The summed E-state index contributed by atoms with van der Waals surface area (Å²) in [6, 6.07) is -0.477. The number of carbonyl (C=O) groups excluding carboxylic acids is 1. The number of fused-ring (bicyclic) bond motifs is 1. The van der Waals surface area contributed by atoms with Crippen LogP contribution < -0.4 is 5.32 Å². The van der Waals surface area contributed by atoms with Gasteiger partial charge in [0.2, 0.25) is 5.91 Å². The number of carbonyl (C=O) groups is 2. The fraction of sp³-hybridized carbons (Fsp3) is 0.733. The van der Waals surface area contributed by atoms with Gasteiger partial charge >= 0.3 is 16.4 Å². The van der Waals surface area contributed by atoms with Gasteiger partial charge in [-0.05, 0) is 32.9 Å². The second-order valence-corrected chi connectivity index (χ2v) is 9.22. The number of amides is 1. The minimum absolute atomic E-state index is 0.00802. The highest BCUT2D eigenvalue weighted by Crippen LogP contribution is 2.52. The third-order valence-corrected chi connectivity index (χ3v) is 7.32. The van der Waals surface area contributed by atoms with Crippen LogP contribution in [0.2, 0.25) is 0 Å². The van der Waals surface area contributed by atoms with E-state index in [1.165, 1.54) is 23.6 Å². The Balaban J connectivity index is 1.83. The van der Waals surface area contributed by atoms with Crippen molar-refractivity contribution in [3.8, 4) is 0 Å². The fourth-order valence-corrected chi connectivity index (χ4v) is 6.00. The zero-order valence-electron chi connectivity index (χ0n) is 14.4. The van der Waals surface area contributed by atoms with E-state index in [-0.39, 0.29) is 16.9 Å². The molecule has 0 aromatic rings. The molecule has 146 valence electrons. The average Bonchev–Trinajstić information content (AvgIpc) is 2.76. The van der Waals surface area contributed by atoms with Crippen molar-refractivity contribution in [3.05, 3.63) is 10.6 Å². The van der Waals surface area contributed by atoms with E-state index in [4.69, 9.17) is 4.55 Å². The van der Waals surface area contributed by atoms with Gasteiger partial charge in [-0.3, -0.25) is 9.35 Å². The molecule has 3 heterocycles. The summed E-state index contributed by atoms with van der Waals surface area (Å²) < 4.78 is 35.3. The molecule has 3 rings (SSSR count). The highest BCUT2D eigenvalue weighted by molar-refractivity contribution is 8.03. The van der Waals surface area contributed by atoms with Gasteiger partial charge in [0.15, 0.2) is 0 Å². The standard InChI is InChI=1S/C15H22N2O7S2/c1-7-11-10(8(2)24-26(21,22)23)14(18)17(11)12(15(19)20)13(7)25-9-3-5-16-6-4-9/h7-11,16H,3-6H2,1-2H3,(H,19,20)(H,21,22,23)/t7-,8-,10-,11-/m1/s1. The fourth-order valence-electron chi connectivity index (χ4n) is 4.01. The van der Waals surface area contributed by atoms with E-state index in [0.717, 1.165) is 25.9 Å². The summed E-state index contributed by atoms with van der Waals surface area (Å²) in [4.78, 5) is 26.2. The largest absolute Gasteiger partial charge is 0.477 e. The minimum Gasteiger partial charge on any atom is -0.477 e. The van der Waals surface area contributed by atoms with Crippen LogP contribution in [0.4, 0.5) is 0 Å². The molecule has 2 saturated heterocycles.